The summed E-state index contributed by atoms with van der Waals surface area (Å²) in [6, 6.07) is 4.74. The van der Waals surface area contributed by atoms with E-state index in [-0.39, 0.29) is 6.04 Å². The molecule has 20 heavy (non-hydrogen) atoms. The Morgan fingerprint density at radius 3 is 2.65 bits per heavy atom. The number of hydrogen-bond acceptors (Lipinski definition) is 1. The third-order valence-corrected chi connectivity index (χ3v) is 4.60. The number of hydrogen-bond donors (Lipinski definition) is 1. The summed E-state index contributed by atoms with van der Waals surface area (Å²) in [6.45, 7) is 4.29. The quantitative estimate of drug-likeness (QED) is 0.768. The zero-order valence-electron chi connectivity index (χ0n) is 12.5. The molecule has 2 rings (SSSR count). The summed E-state index contributed by atoms with van der Waals surface area (Å²) in [6.07, 6.45) is 7.51. The van der Waals surface area contributed by atoms with E-state index >= 15 is 0 Å². The molecule has 3 atom stereocenters. The van der Waals surface area contributed by atoms with Crippen LogP contribution in [-0.2, 0) is 0 Å². The van der Waals surface area contributed by atoms with Gasteiger partial charge in [0.05, 0.1) is 0 Å². The second-order valence-electron chi connectivity index (χ2n) is 6.04. The highest BCUT2D eigenvalue weighted by Gasteiger charge is 2.19. The van der Waals surface area contributed by atoms with Crippen LogP contribution >= 0.6 is 0 Å². The lowest BCUT2D eigenvalue weighted by molar-refractivity contribution is 0.398. The monoisotopic (exact) mass is 281 g/mol. The van der Waals surface area contributed by atoms with E-state index in [2.05, 4.69) is 12.2 Å². The summed E-state index contributed by atoms with van der Waals surface area (Å²) in [4.78, 5) is 0. The highest BCUT2D eigenvalue weighted by Crippen LogP contribution is 2.27. The van der Waals surface area contributed by atoms with E-state index in [0.29, 0.717) is 6.04 Å². The summed E-state index contributed by atoms with van der Waals surface area (Å²) in [5, 5.41) is 3.58. The van der Waals surface area contributed by atoms with Crippen molar-refractivity contribution in [2.75, 3.05) is 0 Å². The first-order valence-electron chi connectivity index (χ1n) is 7.81. The van der Waals surface area contributed by atoms with Gasteiger partial charge in [0.15, 0.2) is 11.6 Å². The molecule has 0 spiro atoms. The van der Waals surface area contributed by atoms with Crippen LogP contribution in [0.25, 0.3) is 0 Å². The van der Waals surface area contributed by atoms with Crippen molar-refractivity contribution in [2.45, 2.75) is 64.5 Å². The molecule has 0 aliphatic heterocycles. The molecule has 0 bridgehead atoms. The zero-order chi connectivity index (χ0) is 14.5. The molecule has 1 fully saturated rings. The van der Waals surface area contributed by atoms with Gasteiger partial charge in [-0.3, -0.25) is 0 Å². The van der Waals surface area contributed by atoms with Gasteiger partial charge in [0.25, 0.3) is 0 Å². The van der Waals surface area contributed by atoms with Crippen LogP contribution < -0.4 is 5.32 Å². The Morgan fingerprint density at radius 2 is 1.95 bits per heavy atom. The van der Waals surface area contributed by atoms with Gasteiger partial charge in [0.2, 0.25) is 0 Å². The number of rotatable bonds is 4. The van der Waals surface area contributed by atoms with Crippen molar-refractivity contribution in [3.05, 3.63) is 35.4 Å². The molecule has 0 radical (unpaired) electrons. The molecule has 1 aliphatic carbocycles. The number of halogens is 2. The molecular weight excluding hydrogens is 256 g/mol. The molecular formula is C17H25F2N. The Labute approximate surface area is 120 Å². The minimum absolute atomic E-state index is 0.0632. The van der Waals surface area contributed by atoms with Gasteiger partial charge in [-0.05, 0) is 49.8 Å². The topological polar surface area (TPSA) is 12.0 Å². The third-order valence-electron chi connectivity index (χ3n) is 4.60. The van der Waals surface area contributed by atoms with Crippen LogP contribution in [0.5, 0.6) is 0 Å². The first-order chi connectivity index (χ1) is 9.60. The maximum absolute atomic E-state index is 13.3. The van der Waals surface area contributed by atoms with E-state index in [1.807, 2.05) is 6.92 Å². The van der Waals surface area contributed by atoms with Crippen molar-refractivity contribution in [3.8, 4) is 0 Å². The van der Waals surface area contributed by atoms with Gasteiger partial charge < -0.3 is 5.32 Å². The second kappa shape index (κ2) is 7.16. The predicted molar refractivity (Wildman–Crippen MR) is 78.6 cm³/mol. The summed E-state index contributed by atoms with van der Waals surface area (Å²) in [7, 11) is 0. The molecule has 1 saturated carbocycles. The van der Waals surface area contributed by atoms with Crippen LogP contribution in [0, 0.1) is 17.6 Å². The van der Waals surface area contributed by atoms with Crippen LogP contribution in [0.15, 0.2) is 18.2 Å². The van der Waals surface area contributed by atoms with Crippen LogP contribution in [-0.4, -0.2) is 6.04 Å². The lowest BCUT2D eigenvalue weighted by Crippen LogP contribution is -2.31. The molecule has 3 heteroatoms. The smallest absolute Gasteiger partial charge is 0.159 e. The van der Waals surface area contributed by atoms with Gasteiger partial charge in [-0.1, -0.05) is 32.3 Å². The van der Waals surface area contributed by atoms with Crippen molar-refractivity contribution >= 4 is 0 Å². The Morgan fingerprint density at radius 1 is 1.15 bits per heavy atom. The Balaban J connectivity index is 1.93. The highest BCUT2D eigenvalue weighted by molar-refractivity contribution is 5.20. The molecule has 3 unspecified atom stereocenters. The Kier molecular flexibility index (Phi) is 5.53. The van der Waals surface area contributed by atoms with E-state index in [0.717, 1.165) is 11.5 Å². The third kappa shape index (κ3) is 4.02. The average Bonchev–Trinajstić information content (AvgIpc) is 2.67. The van der Waals surface area contributed by atoms with E-state index < -0.39 is 11.6 Å². The molecule has 0 aromatic heterocycles. The minimum atomic E-state index is -0.777. The maximum atomic E-state index is 13.3. The molecule has 1 aliphatic rings. The number of benzene rings is 1. The van der Waals surface area contributed by atoms with Gasteiger partial charge in [-0.15, -0.1) is 0 Å². The van der Waals surface area contributed by atoms with E-state index in [1.54, 1.807) is 6.07 Å². The van der Waals surface area contributed by atoms with E-state index in [1.165, 1.54) is 50.7 Å². The van der Waals surface area contributed by atoms with Crippen LogP contribution in [0.3, 0.4) is 0 Å². The molecule has 1 aromatic carbocycles. The Hall–Kier alpha value is -0.960. The second-order valence-corrected chi connectivity index (χ2v) is 6.04. The normalized spacial score (nSPS) is 25.2. The van der Waals surface area contributed by atoms with E-state index in [4.69, 9.17) is 0 Å². The summed E-state index contributed by atoms with van der Waals surface area (Å²) in [5.41, 5.74) is 0.820. The van der Waals surface area contributed by atoms with Gasteiger partial charge in [0, 0.05) is 12.1 Å². The average molecular weight is 281 g/mol. The molecule has 0 heterocycles. The molecule has 112 valence electrons. The van der Waals surface area contributed by atoms with Gasteiger partial charge in [-0.25, -0.2) is 8.78 Å². The summed E-state index contributed by atoms with van der Waals surface area (Å²) < 4.78 is 26.2. The maximum Gasteiger partial charge on any atom is 0.159 e. The molecule has 1 nitrogen and oxygen atoms in total. The standard InChI is InChI=1S/C17H25F2N/c1-3-13-5-4-6-15(9-7-13)20-12(2)14-8-10-16(18)17(19)11-14/h8,10-13,15,20H,3-7,9H2,1-2H3. The SMILES string of the molecule is CCC1CCCC(NC(C)c2ccc(F)c(F)c2)CC1. The molecule has 1 N–H and O–H groups in total. The predicted octanol–water partition coefficient (Wildman–Crippen LogP) is 4.97. The summed E-state index contributed by atoms with van der Waals surface area (Å²) >= 11 is 0. The van der Waals surface area contributed by atoms with Crippen molar-refractivity contribution in [2.24, 2.45) is 5.92 Å². The zero-order valence-corrected chi connectivity index (χ0v) is 12.5. The van der Waals surface area contributed by atoms with Gasteiger partial charge in [0.1, 0.15) is 0 Å². The molecule has 1 aromatic rings. The fraction of sp³-hybridized carbons (Fsp3) is 0.647. The fourth-order valence-electron chi connectivity index (χ4n) is 3.18. The van der Waals surface area contributed by atoms with Crippen molar-refractivity contribution in [1.29, 1.82) is 0 Å². The lowest BCUT2D eigenvalue weighted by atomic mass is 9.97. The fourth-order valence-corrected chi connectivity index (χ4v) is 3.18. The Bertz CT molecular complexity index is 433. The van der Waals surface area contributed by atoms with E-state index in [9.17, 15) is 8.78 Å². The van der Waals surface area contributed by atoms with Crippen LogP contribution in [0.4, 0.5) is 8.78 Å². The van der Waals surface area contributed by atoms with Crippen LogP contribution in [0.1, 0.15) is 64.0 Å². The van der Waals surface area contributed by atoms with Crippen molar-refractivity contribution in [3.63, 3.8) is 0 Å². The van der Waals surface area contributed by atoms with Gasteiger partial charge in [-0.2, -0.15) is 0 Å². The lowest BCUT2D eigenvalue weighted by Gasteiger charge is -2.22. The number of nitrogens with one attached hydrogen (secondary N) is 1. The van der Waals surface area contributed by atoms with Crippen molar-refractivity contribution in [1.82, 2.24) is 5.32 Å². The minimum Gasteiger partial charge on any atom is -0.307 e. The van der Waals surface area contributed by atoms with Gasteiger partial charge >= 0.3 is 0 Å². The highest BCUT2D eigenvalue weighted by atomic mass is 19.2. The first-order valence-corrected chi connectivity index (χ1v) is 7.81. The molecule has 0 saturated heterocycles. The van der Waals surface area contributed by atoms with Crippen LogP contribution in [0.2, 0.25) is 0 Å². The summed E-state index contributed by atoms with van der Waals surface area (Å²) in [5.74, 6) is -0.676. The molecule has 0 amide bonds. The first kappa shape index (κ1) is 15.4. The largest absolute Gasteiger partial charge is 0.307 e. The van der Waals surface area contributed by atoms with Crippen molar-refractivity contribution < 1.29 is 8.78 Å².